The summed E-state index contributed by atoms with van der Waals surface area (Å²) >= 11 is 0. The number of hydrogen-bond donors (Lipinski definition) is 1. The molecule has 0 radical (unpaired) electrons. The van der Waals surface area contributed by atoms with E-state index in [1.54, 1.807) is 12.1 Å². The molecule has 1 N–H and O–H groups in total. The van der Waals surface area contributed by atoms with Crippen LogP contribution in [0.3, 0.4) is 0 Å². The van der Waals surface area contributed by atoms with Crippen LogP contribution in [0.1, 0.15) is 31.2 Å². The third-order valence-electron chi connectivity index (χ3n) is 3.45. The van der Waals surface area contributed by atoms with E-state index >= 15 is 0 Å². The SMILES string of the molecule is FC(F)(F)Oc1ccccc1CNCCOC1CCCC1. The number of alkyl halides is 3. The predicted octanol–water partition coefficient (Wildman–Crippen LogP) is 3.63. The summed E-state index contributed by atoms with van der Waals surface area (Å²) < 4.78 is 46.5. The van der Waals surface area contributed by atoms with Crippen molar-refractivity contribution in [2.75, 3.05) is 13.2 Å². The maximum atomic E-state index is 12.3. The maximum Gasteiger partial charge on any atom is 0.573 e. The summed E-state index contributed by atoms with van der Waals surface area (Å²) in [5.41, 5.74) is 0.482. The molecule has 118 valence electrons. The molecule has 1 fully saturated rings. The van der Waals surface area contributed by atoms with Crippen molar-refractivity contribution in [3.05, 3.63) is 29.8 Å². The van der Waals surface area contributed by atoms with E-state index in [-0.39, 0.29) is 5.75 Å². The average Bonchev–Trinajstić information content (AvgIpc) is 2.91. The van der Waals surface area contributed by atoms with E-state index in [0.717, 1.165) is 12.8 Å². The molecule has 3 nitrogen and oxygen atoms in total. The summed E-state index contributed by atoms with van der Waals surface area (Å²) in [4.78, 5) is 0. The lowest BCUT2D eigenvalue weighted by Gasteiger charge is -2.14. The first kappa shape index (κ1) is 16.1. The van der Waals surface area contributed by atoms with Crippen LogP contribution in [-0.4, -0.2) is 25.6 Å². The van der Waals surface area contributed by atoms with E-state index < -0.39 is 6.36 Å². The van der Waals surface area contributed by atoms with Crippen LogP contribution >= 0.6 is 0 Å². The van der Waals surface area contributed by atoms with Gasteiger partial charge < -0.3 is 14.8 Å². The Morgan fingerprint density at radius 3 is 2.57 bits per heavy atom. The number of benzene rings is 1. The standard InChI is InChI=1S/C15H20F3NO2/c16-15(17,18)21-14-8-4-1-5-12(14)11-19-9-10-20-13-6-2-3-7-13/h1,4-5,8,13,19H,2-3,6-7,9-11H2. The molecule has 0 atom stereocenters. The molecule has 6 heteroatoms. The number of nitrogens with one attached hydrogen (secondary N) is 1. The largest absolute Gasteiger partial charge is 0.573 e. The highest BCUT2D eigenvalue weighted by atomic mass is 19.4. The Labute approximate surface area is 122 Å². The Morgan fingerprint density at radius 1 is 1.14 bits per heavy atom. The Morgan fingerprint density at radius 2 is 1.86 bits per heavy atom. The van der Waals surface area contributed by atoms with Crippen molar-refractivity contribution in [3.8, 4) is 5.75 Å². The zero-order chi connectivity index (χ0) is 15.1. The Balaban J connectivity index is 1.72. The van der Waals surface area contributed by atoms with E-state index in [2.05, 4.69) is 10.1 Å². The second-order valence-electron chi connectivity index (χ2n) is 5.11. The van der Waals surface area contributed by atoms with E-state index in [9.17, 15) is 13.2 Å². The smallest absolute Gasteiger partial charge is 0.405 e. The quantitative estimate of drug-likeness (QED) is 0.780. The molecule has 1 aliphatic rings. The molecule has 1 aliphatic carbocycles. The fourth-order valence-corrected chi connectivity index (χ4v) is 2.45. The van der Waals surface area contributed by atoms with E-state index in [1.807, 2.05) is 0 Å². The molecule has 2 rings (SSSR count). The first-order valence-corrected chi connectivity index (χ1v) is 7.20. The predicted molar refractivity (Wildman–Crippen MR) is 73.0 cm³/mol. The van der Waals surface area contributed by atoms with Gasteiger partial charge in [0.15, 0.2) is 0 Å². The van der Waals surface area contributed by atoms with Gasteiger partial charge >= 0.3 is 6.36 Å². The molecule has 0 aromatic heterocycles. The molecule has 0 spiro atoms. The van der Waals surface area contributed by atoms with Crippen LogP contribution in [0, 0.1) is 0 Å². The van der Waals surface area contributed by atoms with Gasteiger partial charge in [-0.05, 0) is 18.9 Å². The molecule has 0 unspecified atom stereocenters. The van der Waals surface area contributed by atoms with Crippen molar-refractivity contribution < 1.29 is 22.6 Å². The number of para-hydroxylation sites is 1. The average molecular weight is 303 g/mol. The zero-order valence-electron chi connectivity index (χ0n) is 11.8. The molecule has 21 heavy (non-hydrogen) atoms. The van der Waals surface area contributed by atoms with Crippen LogP contribution in [0.5, 0.6) is 5.75 Å². The highest BCUT2D eigenvalue weighted by Crippen LogP contribution is 2.26. The number of hydrogen-bond acceptors (Lipinski definition) is 3. The van der Waals surface area contributed by atoms with Crippen LogP contribution in [0.4, 0.5) is 13.2 Å². The third kappa shape index (κ3) is 5.93. The summed E-state index contributed by atoms with van der Waals surface area (Å²) in [5, 5.41) is 3.08. The van der Waals surface area contributed by atoms with Gasteiger partial charge in [0, 0.05) is 18.7 Å². The lowest BCUT2D eigenvalue weighted by atomic mass is 10.2. The monoisotopic (exact) mass is 303 g/mol. The number of halogens is 3. The van der Waals surface area contributed by atoms with Gasteiger partial charge in [0.1, 0.15) is 5.75 Å². The minimum atomic E-state index is -4.66. The van der Waals surface area contributed by atoms with Gasteiger partial charge in [-0.25, -0.2) is 0 Å². The zero-order valence-corrected chi connectivity index (χ0v) is 11.8. The molecule has 1 aromatic carbocycles. The second-order valence-corrected chi connectivity index (χ2v) is 5.11. The summed E-state index contributed by atoms with van der Waals surface area (Å²) in [6, 6.07) is 6.15. The van der Waals surface area contributed by atoms with Crippen molar-refractivity contribution >= 4 is 0 Å². The van der Waals surface area contributed by atoms with Crippen LogP contribution in [0.15, 0.2) is 24.3 Å². The first-order chi connectivity index (χ1) is 10.0. The number of ether oxygens (including phenoxy) is 2. The van der Waals surface area contributed by atoms with E-state index in [1.165, 1.54) is 25.0 Å². The van der Waals surface area contributed by atoms with Gasteiger partial charge in [0.25, 0.3) is 0 Å². The minimum absolute atomic E-state index is 0.158. The van der Waals surface area contributed by atoms with Gasteiger partial charge in [-0.15, -0.1) is 13.2 Å². The van der Waals surface area contributed by atoms with Gasteiger partial charge in [0.2, 0.25) is 0 Å². The molecule has 1 aromatic rings. The van der Waals surface area contributed by atoms with E-state index in [4.69, 9.17) is 4.74 Å². The Kier molecular flexibility index (Phi) is 5.87. The summed E-state index contributed by atoms with van der Waals surface area (Å²) in [6.45, 7) is 1.50. The maximum absolute atomic E-state index is 12.3. The van der Waals surface area contributed by atoms with Crippen molar-refractivity contribution in [2.24, 2.45) is 0 Å². The van der Waals surface area contributed by atoms with Gasteiger partial charge in [-0.2, -0.15) is 0 Å². The highest BCUT2D eigenvalue weighted by molar-refractivity contribution is 5.33. The fraction of sp³-hybridized carbons (Fsp3) is 0.600. The van der Waals surface area contributed by atoms with Crippen molar-refractivity contribution in [1.29, 1.82) is 0 Å². The molecule has 0 heterocycles. The normalized spacial score (nSPS) is 16.3. The topological polar surface area (TPSA) is 30.5 Å². The summed E-state index contributed by atoms with van der Waals surface area (Å²) in [5.74, 6) is -0.158. The van der Waals surface area contributed by atoms with Gasteiger partial charge in [0.05, 0.1) is 12.7 Å². The van der Waals surface area contributed by atoms with Crippen LogP contribution in [0.2, 0.25) is 0 Å². The van der Waals surface area contributed by atoms with Crippen molar-refractivity contribution in [1.82, 2.24) is 5.32 Å². The molecule has 0 aliphatic heterocycles. The molecule has 0 amide bonds. The minimum Gasteiger partial charge on any atom is -0.405 e. The van der Waals surface area contributed by atoms with Crippen LogP contribution < -0.4 is 10.1 Å². The molecular weight excluding hydrogens is 283 g/mol. The molecular formula is C15H20F3NO2. The fourth-order valence-electron chi connectivity index (χ4n) is 2.45. The van der Waals surface area contributed by atoms with Crippen LogP contribution in [-0.2, 0) is 11.3 Å². The molecule has 0 saturated heterocycles. The van der Waals surface area contributed by atoms with Crippen molar-refractivity contribution in [2.45, 2.75) is 44.7 Å². The molecule has 0 bridgehead atoms. The first-order valence-electron chi connectivity index (χ1n) is 7.20. The van der Waals surface area contributed by atoms with E-state index in [0.29, 0.717) is 31.4 Å². The van der Waals surface area contributed by atoms with Gasteiger partial charge in [-0.1, -0.05) is 31.0 Å². The second kappa shape index (κ2) is 7.66. The van der Waals surface area contributed by atoms with Gasteiger partial charge in [-0.3, -0.25) is 0 Å². The number of rotatable bonds is 7. The van der Waals surface area contributed by atoms with Crippen molar-refractivity contribution in [3.63, 3.8) is 0 Å². The highest BCUT2D eigenvalue weighted by Gasteiger charge is 2.31. The lowest BCUT2D eigenvalue weighted by molar-refractivity contribution is -0.274. The Bertz CT molecular complexity index is 431. The third-order valence-corrected chi connectivity index (χ3v) is 3.45. The summed E-state index contributed by atoms with van der Waals surface area (Å²) in [7, 11) is 0. The summed E-state index contributed by atoms with van der Waals surface area (Å²) in [6.07, 6.45) is 0.361. The molecule has 1 saturated carbocycles. The Hall–Kier alpha value is -1.27. The lowest BCUT2D eigenvalue weighted by Crippen LogP contribution is -2.23. The van der Waals surface area contributed by atoms with Crippen LogP contribution in [0.25, 0.3) is 0 Å².